The number of carbonyl (C=O) groups is 1. The Balaban J connectivity index is 1.75. The minimum Gasteiger partial charge on any atom is -0.332 e. The van der Waals surface area contributed by atoms with E-state index >= 15 is 0 Å². The maximum atomic E-state index is 12.6. The van der Waals surface area contributed by atoms with E-state index in [0.717, 1.165) is 10.9 Å². The Kier molecular flexibility index (Phi) is 3.89. The molecule has 8 heteroatoms. The fourth-order valence-electron chi connectivity index (χ4n) is 2.95. The number of para-hydroxylation sites is 1. The molecule has 0 spiro atoms. The molecule has 2 aromatic carbocycles. The summed E-state index contributed by atoms with van der Waals surface area (Å²) in [6, 6.07) is 10.5. The molecule has 0 saturated heterocycles. The highest BCUT2D eigenvalue weighted by atomic mass is 32.1. The largest absolute Gasteiger partial charge is 0.332 e. The van der Waals surface area contributed by atoms with E-state index in [-0.39, 0.29) is 11.5 Å². The Morgan fingerprint density at radius 3 is 2.96 bits per heavy atom. The summed E-state index contributed by atoms with van der Waals surface area (Å²) >= 11 is 5.22. The number of fused-ring (bicyclic) bond motifs is 2. The van der Waals surface area contributed by atoms with Crippen molar-refractivity contribution < 1.29 is 4.79 Å². The second kappa shape index (κ2) is 6.23. The van der Waals surface area contributed by atoms with Crippen LogP contribution in [0.5, 0.6) is 0 Å². The molecule has 4 rings (SSSR count). The fourth-order valence-corrected chi connectivity index (χ4v) is 3.27. The SMILES string of the molecule is CCn1c(=S)[nH]c2cc(C(=O)Nc3cccc4cn[nH]c34)ccc2c1=O. The third-order valence-electron chi connectivity index (χ3n) is 4.29. The van der Waals surface area contributed by atoms with Crippen LogP contribution in [0, 0.1) is 4.77 Å². The summed E-state index contributed by atoms with van der Waals surface area (Å²) in [4.78, 5) is 28.1. The van der Waals surface area contributed by atoms with Gasteiger partial charge in [0, 0.05) is 17.5 Å². The molecule has 2 aromatic heterocycles. The predicted octanol–water partition coefficient (Wildman–Crippen LogP) is 3.21. The van der Waals surface area contributed by atoms with E-state index in [2.05, 4.69) is 20.5 Å². The molecule has 1 amide bonds. The summed E-state index contributed by atoms with van der Waals surface area (Å²) in [6.07, 6.45) is 1.69. The van der Waals surface area contributed by atoms with E-state index < -0.39 is 0 Å². The number of anilines is 1. The number of H-pyrrole nitrogens is 2. The summed E-state index contributed by atoms with van der Waals surface area (Å²) in [5, 5.41) is 11.1. The second-order valence-corrected chi connectivity index (χ2v) is 6.22. The summed E-state index contributed by atoms with van der Waals surface area (Å²) in [5.41, 5.74) is 2.19. The molecule has 4 aromatic rings. The molecule has 0 saturated carbocycles. The number of rotatable bonds is 3. The first kappa shape index (κ1) is 16.2. The molecule has 7 nitrogen and oxygen atoms in total. The number of benzene rings is 2. The van der Waals surface area contributed by atoms with Crippen LogP contribution in [0.15, 0.2) is 47.4 Å². The van der Waals surface area contributed by atoms with Crippen LogP contribution in [0.25, 0.3) is 21.8 Å². The molecule has 0 fully saturated rings. The lowest BCUT2D eigenvalue weighted by Crippen LogP contribution is -2.21. The lowest BCUT2D eigenvalue weighted by atomic mass is 10.1. The van der Waals surface area contributed by atoms with E-state index in [1.54, 1.807) is 30.5 Å². The molecule has 0 aliphatic rings. The first-order valence-corrected chi connectivity index (χ1v) is 8.49. The van der Waals surface area contributed by atoms with E-state index in [9.17, 15) is 9.59 Å². The Hall–Kier alpha value is -3.26. The van der Waals surface area contributed by atoms with Crippen molar-refractivity contribution in [1.82, 2.24) is 19.7 Å². The standard InChI is InChI=1S/C18H15N5O2S/c1-2-23-17(25)12-7-6-10(8-14(12)21-18(23)26)16(24)20-13-5-3-4-11-9-19-22-15(11)13/h3-9H,2H2,1H3,(H,19,22)(H,20,24)(H,21,26). The number of amides is 1. The Labute approximate surface area is 152 Å². The first-order valence-electron chi connectivity index (χ1n) is 8.09. The van der Waals surface area contributed by atoms with E-state index in [4.69, 9.17) is 12.2 Å². The van der Waals surface area contributed by atoms with Crippen LogP contribution < -0.4 is 10.9 Å². The third-order valence-corrected chi connectivity index (χ3v) is 4.61. The highest BCUT2D eigenvalue weighted by Gasteiger charge is 2.12. The monoisotopic (exact) mass is 365 g/mol. The molecule has 0 atom stereocenters. The van der Waals surface area contributed by atoms with Crippen molar-refractivity contribution in [2.45, 2.75) is 13.5 Å². The zero-order valence-electron chi connectivity index (χ0n) is 13.9. The van der Waals surface area contributed by atoms with Crippen LogP contribution in [0.2, 0.25) is 0 Å². The summed E-state index contributed by atoms with van der Waals surface area (Å²) < 4.78 is 1.82. The van der Waals surface area contributed by atoms with Gasteiger partial charge in [-0.3, -0.25) is 19.3 Å². The topological polar surface area (TPSA) is 95.6 Å². The van der Waals surface area contributed by atoms with E-state index in [0.29, 0.717) is 33.5 Å². The fraction of sp³-hybridized carbons (Fsp3) is 0.111. The highest BCUT2D eigenvalue weighted by molar-refractivity contribution is 7.71. The van der Waals surface area contributed by atoms with Crippen LogP contribution in [0.4, 0.5) is 5.69 Å². The predicted molar refractivity (Wildman–Crippen MR) is 103 cm³/mol. The first-order chi connectivity index (χ1) is 12.6. The number of aromatic nitrogens is 4. The Morgan fingerprint density at radius 1 is 1.31 bits per heavy atom. The zero-order valence-corrected chi connectivity index (χ0v) is 14.7. The van der Waals surface area contributed by atoms with Crippen LogP contribution in [0.3, 0.4) is 0 Å². The van der Waals surface area contributed by atoms with Gasteiger partial charge in [0.05, 0.1) is 28.3 Å². The van der Waals surface area contributed by atoms with Gasteiger partial charge in [-0.15, -0.1) is 0 Å². The van der Waals surface area contributed by atoms with E-state index in [1.165, 1.54) is 4.57 Å². The number of hydrogen-bond acceptors (Lipinski definition) is 4. The minimum absolute atomic E-state index is 0.166. The van der Waals surface area contributed by atoms with Crippen LogP contribution in [0.1, 0.15) is 17.3 Å². The molecule has 26 heavy (non-hydrogen) atoms. The minimum atomic E-state index is -0.284. The molecule has 0 aliphatic carbocycles. The second-order valence-electron chi connectivity index (χ2n) is 5.83. The van der Waals surface area contributed by atoms with Gasteiger partial charge in [-0.05, 0) is 43.4 Å². The van der Waals surface area contributed by atoms with Gasteiger partial charge in [-0.25, -0.2) is 0 Å². The van der Waals surface area contributed by atoms with Gasteiger partial charge in [-0.2, -0.15) is 5.10 Å². The maximum absolute atomic E-state index is 12.6. The molecule has 0 unspecified atom stereocenters. The highest BCUT2D eigenvalue weighted by Crippen LogP contribution is 2.21. The third kappa shape index (κ3) is 2.60. The molecule has 0 aliphatic heterocycles. The molecule has 0 bridgehead atoms. The quantitative estimate of drug-likeness (QED) is 0.486. The van der Waals surface area contributed by atoms with Gasteiger partial charge in [0.25, 0.3) is 11.5 Å². The molecule has 3 N–H and O–H groups in total. The van der Waals surface area contributed by atoms with Crippen molar-refractivity contribution >= 4 is 45.6 Å². The van der Waals surface area contributed by atoms with E-state index in [1.807, 2.05) is 19.1 Å². The smallest absolute Gasteiger partial charge is 0.262 e. The molecular formula is C18H15N5O2S. The van der Waals surface area contributed by atoms with Gasteiger partial charge in [0.15, 0.2) is 4.77 Å². The number of nitrogens with one attached hydrogen (secondary N) is 3. The lowest BCUT2D eigenvalue weighted by molar-refractivity contribution is 0.102. The summed E-state index contributed by atoms with van der Waals surface area (Å²) in [5.74, 6) is -0.284. The number of nitrogens with zero attached hydrogens (tertiary/aromatic N) is 2. The summed E-state index contributed by atoms with van der Waals surface area (Å²) in [6.45, 7) is 2.34. The Bertz CT molecular complexity index is 1270. The molecule has 130 valence electrons. The van der Waals surface area contributed by atoms with Crippen LogP contribution in [-0.2, 0) is 6.54 Å². The van der Waals surface area contributed by atoms with Crippen LogP contribution in [-0.4, -0.2) is 25.7 Å². The van der Waals surface area contributed by atoms with Crippen molar-refractivity contribution in [2.24, 2.45) is 0 Å². The molecular weight excluding hydrogens is 350 g/mol. The maximum Gasteiger partial charge on any atom is 0.262 e. The Morgan fingerprint density at radius 2 is 2.15 bits per heavy atom. The molecule has 2 heterocycles. The van der Waals surface area contributed by atoms with Crippen molar-refractivity contribution in [3.05, 3.63) is 63.3 Å². The van der Waals surface area contributed by atoms with Crippen molar-refractivity contribution in [2.75, 3.05) is 5.32 Å². The normalized spacial score (nSPS) is 11.1. The number of carbonyl (C=O) groups excluding carboxylic acids is 1. The summed E-state index contributed by atoms with van der Waals surface area (Å²) in [7, 11) is 0. The molecule has 0 radical (unpaired) electrons. The van der Waals surface area contributed by atoms with Crippen molar-refractivity contribution in [1.29, 1.82) is 0 Å². The van der Waals surface area contributed by atoms with Gasteiger partial charge in [0.2, 0.25) is 0 Å². The number of aromatic amines is 2. The van der Waals surface area contributed by atoms with Gasteiger partial charge >= 0.3 is 0 Å². The van der Waals surface area contributed by atoms with Gasteiger partial charge < -0.3 is 10.3 Å². The lowest BCUT2D eigenvalue weighted by Gasteiger charge is -2.09. The van der Waals surface area contributed by atoms with Crippen molar-refractivity contribution in [3.8, 4) is 0 Å². The zero-order chi connectivity index (χ0) is 18.3. The van der Waals surface area contributed by atoms with Gasteiger partial charge in [0.1, 0.15) is 0 Å². The van der Waals surface area contributed by atoms with Crippen molar-refractivity contribution in [3.63, 3.8) is 0 Å². The van der Waals surface area contributed by atoms with Crippen LogP contribution >= 0.6 is 12.2 Å². The average molecular weight is 365 g/mol. The number of hydrogen-bond donors (Lipinski definition) is 3. The van der Waals surface area contributed by atoms with Gasteiger partial charge in [-0.1, -0.05) is 12.1 Å². The average Bonchev–Trinajstić information content (AvgIpc) is 3.11.